The van der Waals surface area contributed by atoms with Gasteiger partial charge in [0, 0.05) is 6.54 Å². The molecule has 0 radical (unpaired) electrons. The van der Waals surface area contributed by atoms with Crippen molar-refractivity contribution >= 4 is 5.91 Å². The molecule has 4 heteroatoms. The van der Waals surface area contributed by atoms with E-state index < -0.39 is 0 Å². The van der Waals surface area contributed by atoms with Gasteiger partial charge in [0.2, 0.25) is 5.91 Å². The predicted molar refractivity (Wildman–Crippen MR) is 61.4 cm³/mol. The zero-order chi connectivity index (χ0) is 11.7. The lowest BCUT2D eigenvalue weighted by atomic mass is 10.1. The quantitative estimate of drug-likeness (QED) is 0.525. The van der Waals surface area contributed by atoms with Crippen LogP contribution in [0.15, 0.2) is 0 Å². The summed E-state index contributed by atoms with van der Waals surface area (Å²) in [5, 5.41) is 11.8. The summed E-state index contributed by atoms with van der Waals surface area (Å²) in [5.41, 5.74) is 5.68. The molecule has 4 nitrogen and oxygen atoms in total. The molecule has 1 amide bonds. The van der Waals surface area contributed by atoms with Gasteiger partial charge in [0.15, 0.2) is 0 Å². The molecule has 0 rings (SSSR count). The maximum atomic E-state index is 11.4. The number of carbonyl (C=O) groups excluding carboxylic acids is 1. The minimum atomic E-state index is -0.378. The highest BCUT2D eigenvalue weighted by molar-refractivity contribution is 5.81. The number of hydrogen-bond donors (Lipinski definition) is 3. The Labute approximate surface area is 92.2 Å². The highest BCUT2D eigenvalue weighted by Crippen LogP contribution is 1.98. The fourth-order valence-corrected chi connectivity index (χ4v) is 1.30. The van der Waals surface area contributed by atoms with Crippen LogP contribution in [0.1, 0.15) is 46.0 Å². The molecule has 0 aliphatic carbocycles. The van der Waals surface area contributed by atoms with Gasteiger partial charge >= 0.3 is 0 Å². The molecule has 2 atom stereocenters. The van der Waals surface area contributed by atoms with Crippen molar-refractivity contribution in [3.63, 3.8) is 0 Å². The van der Waals surface area contributed by atoms with Crippen molar-refractivity contribution in [3.05, 3.63) is 0 Å². The third-order valence-electron chi connectivity index (χ3n) is 2.30. The largest absolute Gasteiger partial charge is 0.393 e. The Bertz CT molecular complexity index is 172. The van der Waals surface area contributed by atoms with Crippen LogP contribution < -0.4 is 11.1 Å². The fraction of sp³-hybridized carbons (Fsp3) is 0.909. The van der Waals surface area contributed by atoms with Gasteiger partial charge < -0.3 is 16.2 Å². The molecule has 0 saturated carbocycles. The van der Waals surface area contributed by atoms with Crippen molar-refractivity contribution < 1.29 is 9.90 Å². The Morgan fingerprint density at radius 2 is 2.07 bits per heavy atom. The maximum absolute atomic E-state index is 11.4. The molecule has 0 aliphatic rings. The Balaban J connectivity index is 3.47. The van der Waals surface area contributed by atoms with E-state index in [2.05, 4.69) is 12.2 Å². The summed E-state index contributed by atoms with van der Waals surface area (Å²) < 4.78 is 0. The third-order valence-corrected chi connectivity index (χ3v) is 2.30. The van der Waals surface area contributed by atoms with E-state index >= 15 is 0 Å². The lowest BCUT2D eigenvalue weighted by molar-refractivity contribution is -0.122. The predicted octanol–water partition coefficient (Wildman–Crippen LogP) is 0.781. The van der Waals surface area contributed by atoms with Crippen molar-refractivity contribution in [1.82, 2.24) is 5.32 Å². The summed E-state index contributed by atoms with van der Waals surface area (Å²) in [6.07, 6.45) is 4.01. The highest BCUT2D eigenvalue weighted by Gasteiger charge is 2.11. The van der Waals surface area contributed by atoms with Crippen LogP contribution in [-0.4, -0.2) is 29.7 Å². The van der Waals surface area contributed by atoms with Gasteiger partial charge in [0.05, 0.1) is 12.1 Å². The maximum Gasteiger partial charge on any atom is 0.236 e. The van der Waals surface area contributed by atoms with Crippen molar-refractivity contribution in [3.8, 4) is 0 Å². The summed E-state index contributed by atoms with van der Waals surface area (Å²) in [7, 11) is 0. The summed E-state index contributed by atoms with van der Waals surface area (Å²) in [6.45, 7) is 4.42. The molecule has 15 heavy (non-hydrogen) atoms. The molecule has 90 valence electrons. The number of hydrogen-bond acceptors (Lipinski definition) is 3. The van der Waals surface area contributed by atoms with Gasteiger partial charge in [-0.1, -0.05) is 19.8 Å². The van der Waals surface area contributed by atoms with Crippen molar-refractivity contribution in [2.75, 3.05) is 6.54 Å². The first kappa shape index (κ1) is 14.4. The van der Waals surface area contributed by atoms with E-state index in [0.29, 0.717) is 13.0 Å². The fourth-order valence-electron chi connectivity index (χ4n) is 1.30. The van der Waals surface area contributed by atoms with Crippen molar-refractivity contribution in [2.45, 2.75) is 58.1 Å². The molecule has 0 aliphatic heterocycles. The molecule has 0 aromatic heterocycles. The summed E-state index contributed by atoms with van der Waals surface area (Å²) >= 11 is 0. The molecule has 0 saturated heterocycles. The van der Waals surface area contributed by atoms with Crippen LogP contribution in [0, 0.1) is 0 Å². The summed E-state index contributed by atoms with van der Waals surface area (Å²) in [4.78, 5) is 11.4. The molecular formula is C11H24N2O2. The topological polar surface area (TPSA) is 75.4 Å². The van der Waals surface area contributed by atoms with Crippen LogP contribution in [0.5, 0.6) is 0 Å². The normalized spacial score (nSPS) is 14.7. The van der Waals surface area contributed by atoms with Crippen molar-refractivity contribution in [1.29, 1.82) is 0 Å². The Kier molecular flexibility index (Phi) is 8.33. The number of aliphatic hydroxyl groups excluding tert-OH is 1. The second kappa shape index (κ2) is 8.68. The van der Waals surface area contributed by atoms with E-state index in [-0.39, 0.29) is 18.1 Å². The molecule has 4 N–H and O–H groups in total. The molecule has 0 aromatic rings. The number of unbranched alkanes of at least 4 members (excludes halogenated alkanes) is 1. The van der Waals surface area contributed by atoms with Crippen LogP contribution in [0.3, 0.4) is 0 Å². The van der Waals surface area contributed by atoms with Crippen molar-refractivity contribution in [2.24, 2.45) is 5.73 Å². The Morgan fingerprint density at radius 3 is 2.60 bits per heavy atom. The molecule has 1 unspecified atom stereocenters. The van der Waals surface area contributed by atoms with Gasteiger partial charge in [-0.2, -0.15) is 0 Å². The lowest BCUT2D eigenvalue weighted by Gasteiger charge is -2.11. The molecular weight excluding hydrogens is 192 g/mol. The summed E-state index contributed by atoms with van der Waals surface area (Å²) in [6, 6.07) is -0.378. The molecule has 0 spiro atoms. The first-order valence-electron chi connectivity index (χ1n) is 5.79. The van der Waals surface area contributed by atoms with Crippen LogP contribution in [0.2, 0.25) is 0 Å². The zero-order valence-corrected chi connectivity index (χ0v) is 9.83. The van der Waals surface area contributed by atoms with Gasteiger partial charge in [-0.25, -0.2) is 0 Å². The van der Waals surface area contributed by atoms with Gasteiger partial charge in [-0.3, -0.25) is 4.79 Å². The average Bonchev–Trinajstić information content (AvgIpc) is 2.20. The lowest BCUT2D eigenvalue weighted by Crippen LogP contribution is -2.40. The number of amides is 1. The van der Waals surface area contributed by atoms with E-state index in [1.54, 1.807) is 6.92 Å². The van der Waals surface area contributed by atoms with Gasteiger partial charge in [-0.15, -0.1) is 0 Å². The smallest absolute Gasteiger partial charge is 0.236 e. The van der Waals surface area contributed by atoms with Crippen LogP contribution >= 0.6 is 0 Å². The van der Waals surface area contributed by atoms with Crippen LogP contribution in [-0.2, 0) is 4.79 Å². The standard InChI is InChI=1S/C11H24N2O2/c1-3-4-7-10(12)11(15)13-8-5-6-9(2)14/h9-10,14H,3-8,12H2,1-2H3,(H,13,15)/t9?,10-/m0/s1. The first-order valence-corrected chi connectivity index (χ1v) is 5.79. The number of rotatable bonds is 8. The van der Waals surface area contributed by atoms with E-state index in [0.717, 1.165) is 25.7 Å². The Hall–Kier alpha value is -0.610. The van der Waals surface area contributed by atoms with E-state index in [9.17, 15) is 4.79 Å². The molecule has 0 bridgehead atoms. The van der Waals surface area contributed by atoms with Crippen LogP contribution in [0.4, 0.5) is 0 Å². The highest BCUT2D eigenvalue weighted by atomic mass is 16.3. The second-order valence-electron chi connectivity index (χ2n) is 4.03. The van der Waals surface area contributed by atoms with E-state index in [1.165, 1.54) is 0 Å². The van der Waals surface area contributed by atoms with Gasteiger partial charge in [-0.05, 0) is 26.2 Å². The van der Waals surface area contributed by atoms with Crippen LogP contribution in [0.25, 0.3) is 0 Å². The van der Waals surface area contributed by atoms with Gasteiger partial charge in [0.25, 0.3) is 0 Å². The molecule has 0 heterocycles. The monoisotopic (exact) mass is 216 g/mol. The SMILES string of the molecule is CCCC[C@H](N)C(=O)NCCCC(C)O. The second-order valence-corrected chi connectivity index (χ2v) is 4.03. The minimum absolute atomic E-state index is 0.0750. The Morgan fingerprint density at radius 1 is 1.40 bits per heavy atom. The molecule has 0 aromatic carbocycles. The molecule has 0 fully saturated rings. The first-order chi connectivity index (χ1) is 7.07. The van der Waals surface area contributed by atoms with E-state index in [4.69, 9.17) is 10.8 Å². The van der Waals surface area contributed by atoms with Gasteiger partial charge in [0.1, 0.15) is 0 Å². The third kappa shape index (κ3) is 8.39. The average molecular weight is 216 g/mol. The minimum Gasteiger partial charge on any atom is -0.393 e. The van der Waals surface area contributed by atoms with E-state index in [1.807, 2.05) is 0 Å². The number of aliphatic hydroxyl groups is 1. The zero-order valence-electron chi connectivity index (χ0n) is 9.83. The number of nitrogens with two attached hydrogens (primary N) is 1. The number of nitrogens with one attached hydrogen (secondary N) is 1. The number of carbonyl (C=O) groups is 1. The summed E-state index contributed by atoms with van der Waals surface area (Å²) in [5.74, 6) is -0.0750.